The predicted octanol–water partition coefficient (Wildman–Crippen LogP) is 3.13. The van der Waals surface area contributed by atoms with E-state index in [0.29, 0.717) is 0 Å². The van der Waals surface area contributed by atoms with Gasteiger partial charge in [0, 0.05) is 19.3 Å². The summed E-state index contributed by atoms with van der Waals surface area (Å²) in [5.74, 6) is 0. The normalized spacial score (nSPS) is 17.2. The third kappa shape index (κ3) is 8.90. The van der Waals surface area contributed by atoms with E-state index in [-0.39, 0.29) is 0 Å². The van der Waals surface area contributed by atoms with Crippen molar-refractivity contribution in [2.24, 2.45) is 0 Å². The Labute approximate surface area is 113 Å². The van der Waals surface area contributed by atoms with Gasteiger partial charge in [-0.2, -0.15) is 0 Å². The Kier molecular flexibility index (Phi) is 10.6. The molecule has 1 aliphatic rings. The van der Waals surface area contributed by atoms with Crippen LogP contribution in [0.1, 0.15) is 58.3 Å². The quantitative estimate of drug-likeness (QED) is 0.577. The van der Waals surface area contributed by atoms with Gasteiger partial charge in [0.1, 0.15) is 0 Å². The molecule has 0 aromatic rings. The van der Waals surface area contributed by atoms with E-state index >= 15 is 0 Å². The van der Waals surface area contributed by atoms with Crippen molar-refractivity contribution >= 4 is 0 Å². The second-order valence-electron chi connectivity index (χ2n) is 5.22. The molecule has 1 saturated carbocycles. The van der Waals surface area contributed by atoms with Crippen LogP contribution < -0.4 is 5.32 Å². The Balaban J connectivity index is 1.73. The minimum Gasteiger partial charge on any atom is -0.379 e. The van der Waals surface area contributed by atoms with Gasteiger partial charge in [-0.15, -0.1) is 0 Å². The molecule has 0 aromatic carbocycles. The van der Waals surface area contributed by atoms with Crippen molar-refractivity contribution in [1.29, 1.82) is 0 Å². The smallest absolute Gasteiger partial charge is 0.0700 e. The zero-order chi connectivity index (χ0) is 12.9. The molecule has 1 aliphatic carbocycles. The maximum Gasteiger partial charge on any atom is 0.0700 e. The van der Waals surface area contributed by atoms with Crippen LogP contribution in [0.4, 0.5) is 0 Å². The minimum atomic E-state index is 0.743. The van der Waals surface area contributed by atoms with Crippen LogP contribution in [-0.4, -0.2) is 39.0 Å². The minimum absolute atomic E-state index is 0.743. The van der Waals surface area contributed by atoms with Crippen LogP contribution in [0.2, 0.25) is 0 Å². The van der Waals surface area contributed by atoms with E-state index in [1.807, 2.05) is 0 Å². The first-order valence-electron chi connectivity index (χ1n) is 7.82. The molecule has 0 atom stereocenters. The van der Waals surface area contributed by atoms with Gasteiger partial charge < -0.3 is 14.8 Å². The number of ether oxygens (including phenoxy) is 2. The van der Waals surface area contributed by atoms with E-state index in [1.54, 1.807) is 0 Å². The van der Waals surface area contributed by atoms with Gasteiger partial charge in [-0.3, -0.25) is 0 Å². The third-order valence-electron chi connectivity index (χ3n) is 3.52. The fraction of sp³-hybridized carbons (Fsp3) is 1.00. The van der Waals surface area contributed by atoms with Crippen LogP contribution >= 0.6 is 0 Å². The van der Waals surface area contributed by atoms with Gasteiger partial charge >= 0.3 is 0 Å². The first-order valence-corrected chi connectivity index (χ1v) is 7.82. The summed E-state index contributed by atoms with van der Waals surface area (Å²) < 4.78 is 11.0. The first kappa shape index (κ1) is 15.9. The summed E-state index contributed by atoms with van der Waals surface area (Å²) in [5, 5.41) is 3.63. The van der Waals surface area contributed by atoms with E-state index < -0.39 is 0 Å². The molecular weight excluding hydrogens is 226 g/mol. The molecule has 0 bridgehead atoms. The second-order valence-corrected chi connectivity index (χ2v) is 5.22. The van der Waals surface area contributed by atoms with Gasteiger partial charge in [-0.25, -0.2) is 0 Å². The molecule has 3 heteroatoms. The fourth-order valence-electron chi connectivity index (χ4n) is 2.36. The number of nitrogens with one attached hydrogen (secondary N) is 1. The van der Waals surface area contributed by atoms with Crippen LogP contribution in [0.3, 0.4) is 0 Å². The lowest BCUT2D eigenvalue weighted by Crippen LogP contribution is -2.32. The average molecular weight is 257 g/mol. The summed E-state index contributed by atoms with van der Waals surface area (Å²) in [6, 6.07) is 0.774. The Morgan fingerprint density at radius 1 is 0.889 bits per heavy atom. The summed E-state index contributed by atoms with van der Waals surface area (Å²) >= 11 is 0. The van der Waals surface area contributed by atoms with E-state index in [0.717, 1.165) is 51.9 Å². The maximum atomic E-state index is 5.54. The highest BCUT2D eigenvalue weighted by Gasteiger charge is 2.11. The van der Waals surface area contributed by atoms with E-state index in [4.69, 9.17) is 9.47 Å². The van der Waals surface area contributed by atoms with Crippen molar-refractivity contribution in [2.75, 3.05) is 33.0 Å². The fourth-order valence-corrected chi connectivity index (χ4v) is 2.36. The molecule has 1 fully saturated rings. The SMILES string of the molecule is CCCCOCCOCCCNC1CCCCC1. The van der Waals surface area contributed by atoms with Crippen LogP contribution in [0.5, 0.6) is 0 Å². The van der Waals surface area contributed by atoms with Crippen molar-refractivity contribution in [2.45, 2.75) is 64.3 Å². The molecule has 0 unspecified atom stereocenters. The summed E-state index contributed by atoms with van der Waals surface area (Å²) in [6.45, 7) is 6.50. The van der Waals surface area contributed by atoms with Gasteiger partial charge in [0.25, 0.3) is 0 Å². The molecule has 0 heterocycles. The molecule has 108 valence electrons. The van der Waals surface area contributed by atoms with Gasteiger partial charge in [-0.1, -0.05) is 32.6 Å². The van der Waals surface area contributed by atoms with Crippen molar-refractivity contribution in [1.82, 2.24) is 5.32 Å². The summed E-state index contributed by atoms with van der Waals surface area (Å²) in [5.41, 5.74) is 0. The Bertz CT molecular complexity index is 170. The van der Waals surface area contributed by atoms with Gasteiger partial charge in [-0.05, 0) is 32.2 Å². The van der Waals surface area contributed by atoms with Crippen molar-refractivity contribution in [3.05, 3.63) is 0 Å². The molecule has 0 amide bonds. The van der Waals surface area contributed by atoms with E-state index in [9.17, 15) is 0 Å². The molecule has 0 spiro atoms. The lowest BCUT2D eigenvalue weighted by molar-refractivity contribution is 0.0457. The standard InChI is InChI=1S/C15H31NO2/c1-2-3-11-17-13-14-18-12-7-10-16-15-8-5-4-6-9-15/h15-16H,2-14H2,1H3. The number of hydrogen-bond acceptors (Lipinski definition) is 3. The monoisotopic (exact) mass is 257 g/mol. The van der Waals surface area contributed by atoms with Crippen LogP contribution in [0.15, 0.2) is 0 Å². The van der Waals surface area contributed by atoms with Crippen LogP contribution in [-0.2, 0) is 9.47 Å². The van der Waals surface area contributed by atoms with E-state index in [1.165, 1.54) is 38.5 Å². The van der Waals surface area contributed by atoms with Crippen molar-refractivity contribution in [3.63, 3.8) is 0 Å². The second kappa shape index (κ2) is 11.9. The average Bonchev–Trinajstić information content (AvgIpc) is 2.42. The Hall–Kier alpha value is -0.120. The summed E-state index contributed by atoms with van der Waals surface area (Å²) in [6.07, 6.45) is 10.5. The third-order valence-corrected chi connectivity index (χ3v) is 3.52. The lowest BCUT2D eigenvalue weighted by atomic mass is 9.95. The zero-order valence-corrected chi connectivity index (χ0v) is 12.1. The van der Waals surface area contributed by atoms with Gasteiger partial charge in [0.2, 0.25) is 0 Å². The molecule has 0 aromatic heterocycles. The topological polar surface area (TPSA) is 30.5 Å². The maximum absolute atomic E-state index is 5.54. The highest BCUT2D eigenvalue weighted by Crippen LogP contribution is 2.17. The summed E-state index contributed by atoms with van der Waals surface area (Å²) in [4.78, 5) is 0. The molecule has 0 radical (unpaired) electrons. The highest BCUT2D eigenvalue weighted by atomic mass is 16.5. The van der Waals surface area contributed by atoms with Gasteiger partial charge in [0.05, 0.1) is 13.2 Å². The summed E-state index contributed by atoms with van der Waals surface area (Å²) in [7, 11) is 0. The predicted molar refractivity (Wildman–Crippen MR) is 76.0 cm³/mol. The number of hydrogen-bond donors (Lipinski definition) is 1. The van der Waals surface area contributed by atoms with Crippen molar-refractivity contribution in [3.8, 4) is 0 Å². The van der Waals surface area contributed by atoms with Crippen molar-refractivity contribution < 1.29 is 9.47 Å². The highest BCUT2D eigenvalue weighted by molar-refractivity contribution is 4.71. The molecule has 3 nitrogen and oxygen atoms in total. The molecule has 0 saturated heterocycles. The zero-order valence-electron chi connectivity index (χ0n) is 12.1. The molecule has 1 N–H and O–H groups in total. The van der Waals surface area contributed by atoms with Gasteiger partial charge in [0.15, 0.2) is 0 Å². The van der Waals surface area contributed by atoms with Crippen LogP contribution in [0, 0.1) is 0 Å². The van der Waals surface area contributed by atoms with E-state index in [2.05, 4.69) is 12.2 Å². The molecule has 1 rings (SSSR count). The lowest BCUT2D eigenvalue weighted by Gasteiger charge is -2.22. The molecular formula is C15H31NO2. The Morgan fingerprint density at radius 3 is 2.22 bits per heavy atom. The molecule has 0 aliphatic heterocycles. The first-order chi connectivity index (χ1) is 8.93. The van der Waals surface area contributed by atoms with Crippen LogP contribution in [0.25, 0.3) is 0 Å². The Morgan fingerprint density at radius 2 is 1.56 bits per heavy atom. The number of unbranched alkanes of at least 4 members (excludes halogenated alkanes) is 1. The number of rotatable bonds is 11. The largest absolute Gasteiger partial charge is 0.379 e. The molecule has 18 heavy (non-hydrogen) atoms.